The fourth-order valence-electron chi connectivity index (χ4n) is 6.71. The van der Waals surface area contributed by atoms with E-state index in [2.05, 4.69) is 10.4 Å². The summed E-state index contributed by atoms with van der Waals surface area (Å²) in [6.45, 7) is 0. The topological polar surface area (TPSA) is 64.7 Å². The maximum atomic E-state index is 13.4. The van der Waals surface area contributed by atoms with Crippen LogP contribution in [0.3, 0.4) is 0 Å². The van der Waals surface area contributed by atoms with Crippen LogP contribution in [0, 0.1) is 17.8 Å². The molecule has 2 aromatic heterocycles. The quantitative estimate of drug-likeness (QED) is 0.708. The van der Waals surface area contributed by atoms with Crippen LogP contribution < -0.4 is 5.32 Å². The molecule has 0 aliphatic heterocycles. The van der Waals surface area contributed by atoms with Crippen molar-refractivity contribution in [1.82, 2.24) is 19.6 Å². The van der Waals surface area contributed by atoms with Crippen molar-refractivity contribution in [3.8, 4) is 5.69 Å². The summed E-state index contributed by atoms with van der Waals surface area (Å²) < 4.78 is 3.59. The second-order valence-electron chi connectivity index (χ2n) is 9.70. The number of nitrogens with zero attached hydrogens (tertiary/aromatic N) is 4. The van der Waals surface area contributed by atoms with Crippen LogP contribution in [-0.4, -0.2) is 25.5 Å². The van der Waals surface area contributed by atoms with Crippen LogP contribution in [0.25, 0.3) is 5.69 Å². The zero-order valence-corrected chi connectivity index (χ0v) is 17.3. The molecule has 4 fully saturated rings. The van der Waals surface area contributed by atoms with Crippen molar-refractivity contribution in [1.29, 1.82) is 0 Å². The molecule has 4 saturated carbocycles. The van der Waals surface area contributed by atoms with Crippen molar-refractivity contribution < 1.29 is 4.79 Å². The molecule has 1 aromatic carbocycles. The number of para-hydroxylation sites is 1. The largest absolute Gasteiger partial charge is 0.305 e. The van der Waals surface area contributed by atoms with Gasteiger partial charge in [-0.25, -0.2) is 4.68 Å². The molecule has 0 spiro atoms. The zero-order valence-electron chi connectivity index (χ0n) is 17.3. The van der Waals surface area contributed by atoms with Crippen molar-refractivity contribution >= 4 is 11.7 Å². The van der Waals surface area contributed by atoms with Crippen molar-refractivity contribution in [2.24, 2.45) is 24.8 Å². The highest BCUT2D eigenvalue weighted by Gasteiger charge is 2.53. The van der Waals surface area contributed by atoms with Gasteiger partial charge in [0.1, 0.15) is 0 Å². The summed E-state index contributed by atoms with van der Waals surface area (Å²) >= 11 is 0. The molecule has 6 heteroatoms. The Bertz CT molecular complexity index is 1060. The number of carbonyl (C=O) groups is 1. The number of aromatic nitrogens is 4. The van der Waals surface area contributed by atoms with Crippen LogP contribution in [0.2, 0.25) is 0 Å². The number of nitrogens with one attached hydrogen (secondary N) is 1. The van der Waals surface area contributed by atoms with E-state index in [1.807, 2.05) is 60.5 Å². The third-order valence-corrected chi connectivity index (χ3v) is 7.48. The predicted molar refractivity (Wildman–Crippen MR) is 115 cm³/mol. The Balaban J connectivity index is 1.43. The van der Waals surface area contributed by atoms with Crippen LogP contribution in [0.1, 0.15) is 54.6 Å². The lowest BCUT2D eigenvalue weighted by Crippen LogP contribution is -2.49. The molecule has 3 aromatic rings. The average Bonchev–Trinajstić information content (AvgIpc) is 3.35. The molecular formula is C24H27N5O. The molecule has 30 heavy (non-hydrogen) atoms. The van der Waals surface area contributed by atoms with E-state index < -0.39 is 0 Å². The first-order chi connectivity index (χ1) is 14.6. The summed E-state index contributed by atoms with van der Waals surface area (Å²) in [5.74, 6) is 2.85. The van der Waals surface area contributed by atoms with E-state index in [1.54, 1.807) is 4.68 Å². The lowest BCUT2D eigenvalue weighted by atomic mass is 9.48. The fourth-order valence-corrected chi connectivity index (χ4v) is 6.71. The Morgan fingerprint density at radius 3 is 2.27 bits per heavy atom. The maximum Gasteiger partial charge on any atom is 0.260 e. The van der Waals surface area contributed by atoms with E-state index >= 15 is 0 Å². The molecular weight excluding hydrogens is 374 g/mol. The van der Waals surface area contributed by atoms with Gasteiger partial charge in [-0.05, 0) is 68.4 Å². The number of carbonyl (C=O) groups excluding carboxylic acids is 1. The van der Waals surface area contributed by atoms with Crippen molar-refractivity contribution in [2.75, 3.05) is 5.32 Å². The molecule has 1 amide bonds. The lowest BCUT2D eigenvalue weighted by molar-refractivity contribution is -0.00765. The lowest BCUT2D eigenvalue weighted by Gasteiger charge is -2.56. The van der Waals surface area contributed by atoms with E-state index in [0.717, 1.165) is 29.1 Å². The number of amides is 1. The first-order valence-electron chi connectivity index (χ1n) is 11.0. The SMILES string of the molecule is Cn1ccc(NC(=O)c2cn(-c3ccccc3)nc2C23CC4CC(CC(C4)C2)C3)n1. The maximum absolute atomic E-state index is 13.4. The number of anilines is 1. The summed E-state index contributed by atoms with van der Waals surface area (Å²) in [4.78, 5) is 13.4. The van der Waals surface area contributed by atoms with E-state index in [-0.39, 0.29) is 11.3 Å². The first kappa shape index (κ1) is 17.9. The molecule has 4 bridgehead atoms. The average molecular weight is 402 g/mol. The molecule has 0 saturated heterocycles. The summed E-state index contributed by atoms with van der Waals surface area (Å²) in [6, 6.07) is 11.9. The van der Waals surface area contributed by atoms with Gasteiger partial charge in [-0.2, -0.15) is 10.2 Å². The van der Waals surface area contributed by atoms with Gasteiger partial charge in [-0.15, -0.1) is 0 Å². The highest BCUT2D eigenvalue weighted by Crippen LogP contribution is 2.60. The molecule has 4 aliphatic rings. The molecule has 1 N–H and O–H groups in total. The van der Waals surface area contributed by atoms with Gasteiger partial charge in [0.05, 0.1) is 16.9 Å². The molecule has 7 rings (SSSR count). The van der Waals surface area contributed by atoms with Gasteiger partial charge in [-0.1, -0.05) is 18.2 Å². The molecule has 6 nitrogen and oxygen atoms in total. The minimum atomic E-state index is -0.110. The van der Waals surface area contributed by atoms with Gasteiger partial charge in [0.15, 0.2) is 5.82 Å². The Labute approximate surface area is 176 Å². The van der Waals surface area contributed by atoms with Crippen molar-refractivity contribution in [2.45, 2.75) is 43.9 Å². The summed E-state index contributed by atoms with van der Waals surface area (Å²) in [5, 5.41) is 12.4. The third-order valence-electron chi connectivity index (χ3n) is 7.48. The highest BCUT2D eigenvalue weighted by atomic mass is 16.1. The number of benzene rings is 1. The van der Waals surface area contributed by atoms with Crippen LogP contribution in [0.4, 0.5) is 5.82 Å². The fraction of sp³-hybridized carbons (Fsp3) is 0.458. The molecule has 0 unspecified atom stereocenters. The minimum Gasteiger partial charge on any atom is -0.305 e. The zero-order chi connectivity index (χ0) is 20.3. The first-order valence-corrected chi connectivity index (χ1v) is 11.0. The van der Waals surface area contributed by atoms with Gasteiger partial charge < -0.3 is 5.32 Å². The van der Waals surface area contributed by atoms with Crippen LogP contribution in [0.5, 0.6) is 0 Å². The van der Waals surface area contributed by atoms with Crippen molar-refractivity contribution in [3.63, 3.8) is 0 Å². The van der Waals surface area contributed by atoms with Gasteiger partial charge >= 0.3 is 0 Å². The molecule has 0 radical (unpaired) electrons. The molecule has 4 aliphatic carbocycles. The Kier molecular flexibility index (Phi) is 3.92. The van der Waals surface area contributed by atoms with E-state index in [1.165, 1.54) is 38.5 Å². The van der Waals surface area contributed by atoms with Crippen LogP contribution in [0.15, 0.2) is 48.8 Å². The number of rotatable bonds is 4. The van der Waals surface area contributed by atoms with Gasteiger partial charge in [0, 0.05) is 30.9 Å². The summed E-state index contributed by atoms with van der Waals surface area (Å²) in [6.07, 6.45) is 11.4. The molecule has 0 atom stereocenters. The Morgan fingerprint density at radius 2 is 1.67 bits per heavy atom. The van der Waals surface area contributed by atoms with Crippen LogP contribution in [-0.2, 0) is 12.5 Å². The summed E-state index contributed by atoms with van der Waals surface area (Å²) in [7, 11) is 1.85. The monoisotopic (exact) mass is 401 g/mol. The Morgan fingerprint density at radius 1 is 1.00 bits per heavy atom. The number of hydrogen-bond acceptors (Lipinski definition) is 3. The van der Waals surface area contributed by atoms with Crippen molar-refractivity contribution in [3.05, 3.63) is 60.0 Å². The highest BCUT2D eigenvalue weighted by molar-refractivity contribution is 6.04. The second kappa shape index (κ2) is 6.56. The second-order valence-corrected chi connectivity index (χ2v) is 9.70. The van der Waals surface area contributed by atoms with E-state index in [0.29, 0.717) is 11.4 Å². The standard InChI is InChI=1S/C24H27N5O/c1-28-8-7-21(26-28)25-23(30)20-15-29(19-5-3-2-4-6-19)27-22(20)24-12-16-9-17(13-24)11-18(10-16)14-24/h2-8,15-18H,9-14H2,1H3,(H,25,26,30). The predicted octanol–water partition coefficient (Wildman–Crippen LogP) is 4.33. The van der Waals surface area contributed by atoms with Gasteiger partial charge in [0.2, 0.25) is 0 Å². The number of hydrogen-bond donors (Lipinski definition) is 1. The summed E-state index contributed by atoms with van der Waals surface area (Å²) in [5.41, 5.74) is 2.73. The molecule has 154 valence electrons. The Hall–Kier alpha value is -2.89. The van der Waals surface area contributed by atoms with Gasteiger partial charge in [0.25, 0.3) is 5.91 Å². The number of aryl methyl sites for hydroxylation is 1. The molecule has 2 heterocycles. The van der Waals surface area contributed by atoms with Gasteiger partial charge in [-0.3, -0.25) is 9.48 Å². The van der Waals surface area contributed by atoms with E-state index in [4.69, 9.17) is 5.10 Å². The smallest absolute Gasteiger partial charge is 0.260 e. The van der Waals surface area contributed by atoms with Crippen LogP contribution >= 0.6 is 0 Å². The third kappa shape index (κ3) is 2.89. The minimum absolute atomic E-state index is 0.0472. The normalized spacial score (nSPS) is 29.3. The van der Waals surface area contributed by atoms with E-state index in [9.17, 15) is 4.79 Å².